The van der Waals surface area contributed by atoms with Gasteiger partial charge in [0.05, 0.1) is 7.11 Å². The van der Waals surface area contributed by atoms with E-state index in [1.165, 1.54) is 6.92 Å². The Hall–Kier alpha value is -3.32. The van der Waals surface area contributed by atoms with Crippen molar-refractivity contribution in [2.45, 2.75) is 25.6 Å². The fourth-order valence-electron chi connectivity index (χ4n) is 3.80. The molecule has 0 radical (unpaired) electrons. The predicted octanol–water partition coefficient (Wildman–Crippen LogP) is 4.95. The molecule has 3 aromatic carbocycles. The topological polar surface area (TPSA) is 67.9 Å². The summed E-state index contributed by atoms with van der Waals surface area (Å²) in [5.41, 5.74) is 2.58. The number of methoxy groups -OCH3 is 1. The van der Waals surface area contributed by atoms with Crippen LogP contribution in [0, 0.1) is 0 Å². The highest BCUT2D eigenvalue weighted by atomic mass is 79.9. The molecule has 2 atom stereocenters. The van der Waals surface area contributed by atoms with Crippen LogP contribution in [0.4, 0.5) is 5.69 Å². The summed E-state index contributed by atoms with van der Waals surface area (Å²) in [7, 11) is 1.62. The van der Waals surface area contributed by atoms with E-state index in [1.54, 1.807) is 12.0 Å². The third-order valence-corrected chi connectivity index (χ3v) is 5.76. The van der Waals surface area contributed by atoms with Gasteiger partial charge >= 0.3 is 0 Å². The summed E-state index contributed by atoms with van der Waals surface area (Å²) in [5, 5.41) is 2.78. The van der Waals surface area contributed by atoms with Gasteiger partial charge in [-0.25, -0.2) is 0 Å². The van der Waals surface area contributed by atoms with Crippen molar-refractivity contribution in [2.75, 3.05) is 12.4 Å². The van der Waals surface area contributed by atoms with Crippen LogP contribution >= 0.6 is 15.9 Å². The first-order chi connectivity index (χ1) is 15.4. The van der Waals surface area contributed by atoms with E-state index in [2.05, 4.69) is 21.2 Å². The number of carbonyl (C=O) groups is 2. The maximum absolute atomic E-state index is 13.1. The molecule has 1 fully saturated rings. The van der Waals surface area contributed by atoms with Gasteiger partial charge in [0.25, 0.3) is 5.91 Å². The molecule has 2 amide bonds. The number of anilines is 1. The van der Waals surface area contributed by atoms with Crippen molar-refractivity contribution >= 4 is 33.4 Å². The highest BCUT2D eigenvalue weighted by Gasteiger charge is 2.50. The molecule has 0 saturated carbocycles. The molecule has 0 spiro atoms. The first-order valence-corrected chi connectivity index (χ1v) is 11.0. The van der Waals surface area contributed by atoms with E-state index in [1.807, 2.05) is 72.8 Å². The van der Waals surface area contributed by atoms with Gasteiger partial charge in [-0.1, -0.05) is 46.3 Å². The molecule has 1 saturated heterocycles. The number of rotatable bonds is 7. The second-order valence-electron chi connectivity index (χ2n) is 7.56. The van der Waals surface area contributed by atoms with Crippen LogP contribution in [0.2, 0.25) is 0 Å². The van der Waals surface area contributed by atoms with Crippen LogP contribution in [0.15, 0.2) is 77.3 Å². The van der Waals surface area contributed by atoms with Gasteiger partial charge < -0.3 is 19.7 Å². The van der Waals surface area contributed by atoms with Gasteiger partial charge in [-0.15, -0.1) is 0 Å². The Morgan fingerprint density at radius 3 is 2.47 bits per heavy atom. The molecule has 1 aliphatic heterocycles. The van der Waals surface area contributed by atoms with Gasteiger partial charge in [-0.3, -0.25) is 9.59 Å². The summed E-state index contributed by atoms with van der Waals surface area (Å²) in [6, 6.07) is 22.4. The zero-order valence-electron chi connectivity index (χ0n) is 17.7. The second-order valence-corrected chi connectivity index (χ2v) is 8.48. The Morgan fingerprint density at radius 2 is 1.78 bits per heavy atom. The van der Waals surface area contributed by atoms with Gasteiger partial charge in [-0.2, -0.15) is 0 Å². The zero-order valence-corrected chi connectivity index (χ0v) is 19.3. The predicted molar refractivity (Wildman–Crippen MR) is 126 cm³/mol. The lowest BCUT2D eigenvalue weighted by Crippen LogP contribution is -2.60. The van der Waals surface area contributed by atoms with Crippen molar-refractivity contribution in [3.05, 3.63) is 88.4 Å². The quantitative estimate of drug-likeness (QED) is 0.472. The normalized spacial score (nSPS) is 17.5. The number of β-lactam (4-membered cyclic amide) rings is 1. The van der Waals surface area contributed by atoms with Crippen molar-refractivity contribution in [1.29, 1.82) is 0 Å². The average Bonchev–Trinajstić information content (AvgIpc) is 2.78. The number of nitrogens with zero attached hydrogens (tertiary/aromatic N) is 1. The fraction of sp³-hybridized carbons (Fsp3) is 0.200. The number of nitrogens with one attached hydrogen (secondary N) is 1. The Morgan fingerprint density at radius 1 is 1.03 bits per heavy atom. The molecule has 164 valence electrons. The summed E-state index contributed by atoms with van der Waals surface area (Å²) < 4.78 is 12.3. The third-order valence-electron chi connectivity index (χ3n) is 5.27. The number of likely N-dealkylation sites (tertiary alicyclic amines) is 1. The van der Waals surface area contributed by atoms with E-state index in [4.69, 9.17) is 9.47 Å². The lowest BCUT2D eigenvalue weighted by molar-refractivity contribution is -0.165. The first kappa shape index (κ1) is 21.9. The number of carbonyl (C=O) groups excluding carboxylic acids is 2. The van der Waals surface area contributed by atoms with Crippen LogP contribution < -0.4 is 14.8 Å². The van der Waals surface area contributed by atoms with Gasteiger partial charge in [0.1, 0.15) is 17.5 Å². The van der Waals surface area contributed by atoms with Gasteiger partial charge in [0.2, 0.25) is 12.0 Å². The lowest BCUT2D eigenvalue weighted by Gasteiger charge is -2.47. The van der Waals surface area contributed by atoms with Crippen molar-refractivity contribution in [3.8, 4) is 11.5 Å². The highest BCUT2D eigenvalue weighted by Crippen LogP contribution is 2.39. The van der Waals surface area contributed by atoms with E-state index >= 15 is 0 Å². The molecule has 0 aromatic heterocycles. The van der Waals surface area contributed by atoms with Crippen molar-refractivity contribution < 1.29 is 19.1 Å². The highest BCUT2D eigenvalue weighted by molar-refractivity contribution is 9.10. The summed E-state index contributed by atoms with van der Waals surface area (Å²) in [6.45, 7) is 1.87. The SMILES string of the molecule is COc1ccc(C2C(Oc3cccc(Br)c3)C(=O)N2Cc2cccc(NC(C)=O)c2)cc1. The fourth-order valence-corrected chi connectivity index (χ4v) is 4.18. The molecule has 1 aliphatic rings. The average molecular weight is 495 g/mol. The maximum Gasteiger partial charge on any atom is 0.267 e. The molecule has 7 heteroatoms. The van der Waals surface area contributed by atoms with Gasteiger partial charge in [0.15, 0.2) is 0 Å². The van der Waals surface area contributed by atoms with Crippen molar-refractivity contribution in [3.63, 3.8) is 0 Å². The minimum Gasteiger partial charge on any atom is -0.497 e. The molecule has 6 nitrogen and oxygen atoms in total. The molecular weight excluding hydrogens is 472 g/mol. The molecule has 1 N–H and O–H groups in total. The summed E-state index contributed by atoms with van der Waals surface area (Å²) in [5.74, 6) is 1.15. The van der Waals surface area contributed by atoms with E-state index in [0.29, 0.717) is 18.0 Å². The summed E-state index contributed by atoms with van der Waals surface area (Å²) in [6.07, 6.45) is -0.628. The summed E-state index contributed by atoms with van der Waals surface area (Å²) >= 11 is 3.44. The summed E-state index contributed by atoms with van der Waals surface area (Å²) in [4.78, 5) is 26.3. The largest absolute Gasteiger partial charge is 0.497 e. The number of amides is 2. The number of ether oxygens (including phenoxy) is 2. The maximum atomic E-state index is 13.1. The van der Waals surface area contributed by atoms with Gasteiger partial charge in [-0.05, 0) is 53.6 Å². The minimum absolute atomic E-state index is 0.0873. The van der Waals surface area contributed by atoms with Gasteiger partial charge in [0, 0.05) is 23.6 Å². The van der Waals surface area contributed by atoms with E-state index < -0.39 is 6.10 Å². The number of hydrogen-bond acceptors (Lipinski definition) is 4. The molecule has 4 rings (SSSR count). The Kier molecular flexibility index (Phi) is 6.46. The van der Waals surface area contributed by atoms with Crippen LogP contribution in [0.1, 0.15) is 24.1 Å². The number of hydrogen-bond donors (Lipinski definition) is 1. The third kappa shape index (κ3) is 4.78. The van der Waals surface area contributed by atoms with Crippen LogP contribution in [-0.2, 0) is 16.1 Å². The Bertz CT molecular complexity index is 1130. The Balaban J connectivity index is 1.60. The molecule has 2 unspecified atom stereocenters. The smallest absolute Gasteiger partial charge is 0.267 e. The zero-order chi connectivity index (χ0) is 22.7. The molecular formula is C25H23BrN2O4. The monoisotopic (exact) mass is 494 g/mol. The van der Waals surface area contributed by atoms with Crippen LogP contribution in [0.3, 0.4) is 0 Å². The second kappa shape index (κ2) is 9.44. The first-order valence-electron chi connectivity index (χ1n) is 10.2. The van der Waals surface area contributed by atoms with E-state index in [-0.39, 0.29) is 17.9 Å². The van der Waals surface area contributed by atoms with Crippen LogP contribution in [-0.4, -0.2) is 29.9 Å². The standard InChI is InChI=1S/C25H23BrN2O4/c1-16(29)27-20-7-3-5-17(13-20)15-28-23(18-9-11-21(31-2)12-10-18)24(25(28)30)32-22-8-4-6-19(26)14-22/h3-14,23-24H,15H2,1-2H3,(H,27,29). The lowest BCUT2D eigenvalue weighted by atomic mass is 9.89. The Labute approximate surface area is 195 Å². The van der Waals surface area contributed by atoms with E-state index in [9.17, 15) is 9.59 Å². The minimum atomic E-state index is -0.628. The van der Waals surface area contributed by atoms with Crippen LogP contribution in [0.25, 0.3) is 0 Å². The van der Waals surface area contributed by atoms with E-state index in [0.717, 1.165) is 21.3 Å². The molecule has 32 heavy (non-hydrogen) atoms. The molecule has 3 aromatic rings. The molecule has 0 aliphatic carbocycles. The molecule has 0 bridgehead atoms. The molecule has 1 heterocycles. The number of benzene rings is 3. The van der Waals surface area contributed by atoms with Crippen molar-refractivity contribution in [2.24, 2.45) is 0 Å². The van der Waals surface area contributed by atoms with Crippen LogP contribution in [0.5, 0.6) is 11.5 Å². The van der Waals surface area contributed by atoms with Crippen molar-refractivity contribution in [1.82, 2.24) is 4.90 Å². The number of halogens is 1.